The Bertz CT molecular complexity index is 2030. The van der Waals surface area contributed by atoms with Crippen molar-refractivity contribution in [1.29, 1.82) is 0 Å². The number of rotatable bonds is 11. The van der Waals surface area contributed by atoms with Gasteiger partial charge in [-0.3, -0.25) is 14.4 Å². The Morgan fingerprint density at radius 3 is 2.22 bits per heavy atom. The van der Waals surface area contributed by atoms with E-state index in [1.807, 2.05) is 0 Å². The molecule has 0 spiro atoms. The number of para-hydroxylation sites is 2. The third-order valence-corrected chi connectivity index (χ3v) is 10.3. The molecular formula is C36H31ClF2N3O6P. The zero-order valence-electron chi connectivity index (χ0n) is 26.2. The van der Waals surface area contributed by atoms with E-state index in [1.54, 1.807) is 78.9 Å². The number of aromatic nitrogens is 1. The number of fused-ring (bicyclic) bond motifs is 1. The highest BCUT2D eigenvalue weighted by Gasteiger charge is 2.40. The zero-order chi connectivity index (χ0) is 34.7. The molecule has 1 saturated heterocycles. The number of hydrogen-bond donors (Lipinski definition) is 1. The second-order valence-corrected chi connectivity index (χ2v) is 13.8. The molecule has 4 aromatic carbocycles. The highest BCUT2D eigenvalue weighted by Crippen LogP contribution is 2.48. The van der Waals surface area contributed by atoms with E-state index in [0.29, 0.717) is 28.0 Å². The summed E-state index contributed by atoms with van der Waals surface area (Å²) in [7, 11) is -4.11. The van der Waals surface area contributed by atoms with E-state index in [0.717, 1.165) is 4.90 Å². The van der Waals surface area contributed by atoms with Crippen LogP contribution in [0.5, 0.6) is 11.5 Å². The second-order valence-electron chi connectivity index (χ2n) is 11.6. The van der Waals surface area contributed by atoms with Crippen molar-refractivity contribution in [2.45, 2.75) is 38.6 Å². The fraction of sp³-hybridized carbons (Fsp3) is 0.194. The Balaban J connectivity index is 1.30. The van der Waals surface area contributed by atoms with Crippen molar-refractivity contribution in [3.8, 4) is 11.5 Å². The highest BCUT2D eigenvalue weighted by atomic mass is 35.5. The number of hydrogen-bond acceptors (Lipinski definition) is 6. The van der Waals surface area contributed by atoms with E-state index in [4.69, 9.17) is 20.6 Å². The Kier molecular flexibility index (Phi) is 9.85. The van der Waals surface area contributed by atoms with Gasteiger partial charge in [-0.15, -0.1) is 0 Å². The first-order chi connectivity index (χ1) is 23.5. The number of alkyl halides is 1. The van der Waals surface area contributed by atoms with Crippen molar-refractivity contribution in [3.63, 3.8) is 0 Å². The van der Waals surface area contributed by atoms with Gasteiger partial charge in [0, 0.05) is 35.7 Å². The maximum atomic E-state index is 14.7. The van der Waals surface area contributed by atoms with Gasteiger partial charge in [-0.05, 0) is 49.4 Å². The number of halogens is 3. The van der Waals surface area contributed by atoms with E-state index >= 15 is 0 Å². The van der Waals surface area contributed by atoms with Gasteiger partial charge in [-0.2, -0.15) is 0 Å². The molecule has 5 aromatic rings. The molecule has 6 rings (SSSR count). The maximum absolute atomic E-state index is 14.7. The minimum atomic E-state index is -4.11. The largest absolute Gasteiger partial charge is 0.462 e. The standard InChI is InChI=1S/C36H31ClF2N3O6P/c1-23(43)30-21-41(22-34(44)42-20-25(38)17-33(42)36(45)40-19-24-9-8-14-31(37)35(24)39)32-18-28(15-16-29(30)32)49(46,47-26-10-4-2-5-11-26)48-27-12-6-3-7-13-27/h2-16,18,21,25,33H,17,19-20,22H2,1H3,(H,40,45)/t25-,33+/m1/s1. The number of benzene rings is 4. The van der Waals surface area contributed by atoms with Crippen LogP contribution >= 0.6 is 19.2 Å². The molecule has 1 aliphatic heterocycles. The lowest BCUT2D eigenvalue weighted by molar-refractivity contribution is -0.139. The molecule has 2 atom stereocenters. The number of nitrogens with zero attached hydrogens (tertiary/aromatic N) is 2. The molecule has 1 fully saturated rings. The summed E-state index contributed by atoms with van der Waals surface area (Å²) in [4.78, 5) is 40.7. The van der Waals surface area contributed by atoms with E-state index in [2.05, 4.69) is 5.32 Å². The smallest absolute Gasteiger partial charge is 0.413 e. The summed E-state index contributed by atoms with van der Waals surface area (Å²) in [6.07, 6.45) is -0.197. The molecule has 0 unspecified atom stereocenters. The lowest BCUT2D eigenvalue weighted by atomic mass is 10.1. The molecule has 252 valence electrons. The number of ketones is 1. The van der Waals surface area contributed by atoms with Crippen LogP contribution in [0.15, 0.2) is 103 Å². The summed E-state index contributed by atoms with van der Waals surface area (Å²) in [5.74, 6) is -1.59. The first-order valence-corrected chi connectivity index (χ1v) is 17.3. The quantitative estimate of drug-likeness (QED) is 0.119. The molecular weight excluding hydrogens is 675 g/mol. The van der Waals surface area contributed by atoms with Crippen LogP contribution in [0.25, 0.3) is 10.9 Å². The Hall–Kier alpha value is -4.99. The van der Waals surface area contributed by atoms with Crippen molar-refractivity contribution in [2.24, 2.45) is 0 Å². The van der Waals surface area contributed by atoms with Crippen molar-refractivity contribution < 1.29 is 36.8 Å². The van der Waals surface area contributed by atoms with Gasteiger partial charge in [-0.1, -0.05) is 66.2 Å². The summed E-state index contributed by atoms with van der Waals surface area (Å²) in [5.41, 5.74) is 0.822. The number of carbonyl (C=O) groups excluding carboxylic acids is 3. The Morgan fingerprint density at radius 2 is 1.59 bits per heavy atom. The van der Waals surface area contributed by atoms with Gasteiger partial charge in [0.1, 0.15) is 36.1 Å². The van der Waals surface area contributed by atoms with Crippen molar-refractivity contribution >= 4 is 53.0 Å². The van der Waals surface area contributed by atoms with E-state index in [9.17, 15) is 27.7 Å². The van der Waals surface area contributed by atoms with E-state index in [1.165, 1.54) is 35.9 Å². The third-order valence-electron chi connectivity index (χ3n) is 8.16. The molecule has 0 radical (unpaired) electrons. The van der Waals surface area contributed by atoms with Crippen LogP contribution in [0.2, 0.25) is 5.02 Å². The van der Waals surface area contributed by atoms with Crippen molar-refractivity contribution in [2.75, 3.05) is 6.54 Å². The predicted molar refractivity (Wildman–Crippen MR) is 182 cm³/mol. The molecule has 0 bridgehead atoms. The number of nitrogens with one attached hydrogen (secondary N) is 1. The molecule has 0 aliphatic carbocycles. The molecule has 0 saturated carbocycles. The first kappa shape index (κ1) is 33.9. The van der Waals surface area contributed by atoms with Crippen LogP contribution in [0.1, 0.15) is 29.3 Å². The molecule has 1 aliphatic rings. The van der Waals surface area contributed by atoms with Crippen LogP contribution in [0.4, 0.5) is 8.78 Å². The fourth-order valence-corrected chi connectivity index (χ4v) is 7.54. The SMILES string of the molecule is CC(=O)c1cn(CC(=O)N2C[C@H](F)C[C@H]2C(=O)NCc2cccc(Cl)c2F)c2cc(P(=O)(Oc3ccccc3)Oc3ccccc3)ccc12. The van der Waals surface area contributed by atoms with Gasteiger partial charge < -0.3 is 23.8 Å². The molecule has 2 heterocycles. The highest BCUT2D eigenvalue weighted by molar-refractivity contribution is 7.63. The summed E-state index contributed by atoms with van der Waals surface area (Å²) in [6, 6.07) is 25.0. The zero-order valence-corrected chi connectivity index (χ0v) is 27.9. The summed E-state index contributed by atoms with van der Waals surface area (Å²) < 4.78 is 57.1. The van der Waals surface area contributed by atoms with E-state index in [-0.39, 0.29) is 47.7 Å². The molecule has 1 N–H and O–H groups in total. The summed E-state index contributed by atoms with van der Waals surface area (Å²) in [6.45, 7) is 0.492. The van der Waals surface area contributed by atoms with Crippen LogP contribution < -0.4 is 19.7 Å². The fourth-order valence-electron chi connectivity index (χ4n) is 5.76. The van der Waals surface area contributed by atoms with Crippen LogP contribution in [-0.4, -0.2) is 45.8 Å². The minimum absolute atomic E-state index is 0.102. The van der Waals surface area contributed by atoms with Gasteiger partial charge >= 0.3 is 7.60 Å². The number of likely N-dealkylation sites (tertiary alicyclic amines) is 1. The predicted octanol–water partition coefficient (Wildman–Crippen LogP) is 6.87. The lowest BCUT2D eigenvalue weighted by Gasteiger charge is -2.24. The average Bonchev–Trinajstić information content (AvgIpc) is 3.66. The van der Waals surface area contributed by atoms with Gasteiger partial charge in [0.05, 0.1) is 22.4 Å². The molecule has 49 heavy (non-hydrogen) atoms. The van der Waals surface area contributed by atoms with Gasteiger partial charge in [0.25, 0.3) is 0 Å². The van der Waals surface area contributed by atoms with Crippen molar-refractivity contribution in [3.05, 3.63) is 125 Å². The second kappa shape index (κ2) is 14.2. The molecule has 1 aromatic heterocycles. The number of amides is 2. The normalized spacial score (nSPS) is 16.0. The number of carbonyl (C=O) groups is 3. The maximum Gasteiger partial charge on any atom is 0.462 e. The first-order valence-electron chi connectivity index (χ1n) is 15.4. The summed E-state index contributed by atoms with van der Waals surface area (Å²) >= 11 is 5.84. The summed E-state index contributed by atoms with van der Waals surface area (Å²) in [5, 5.41) is 3.12. The molecule has 2 amide bonds. The van der Waals surface area contributed by atoms with Gasteiger partial charge in [0.15, 0.2) is 5.78 Å². The Labute approximate surface area is 285 Å². The monoisotopic (exact) mass is 705 g/mol. The average molecular weight is 706 g/mol. The van der Waals surface area contributed by atoms with Gasteiger partial charge in [0.2, 0.25) is 11.8 Å². The van der Waals surface area contributed by atoms with Gasteiger partial charge in [-0.25, -0.2) is 13.3 Å². The Morgan fingerprint density at radius 1 is 0.939 bits per heavy atom. The molecule has 9 nitrogen and oxygen atoms in total. The van der Waals surface area contributed by atoms with Crippen molar-refractivity contribution in [1.82, 2.24) is 14.8 Å². The topological polar surface area (TPSA) is 107 Å². The lowest BCUT2D eigenvalue weighted by Crippen LogP contribution is -2.46. The van der Waals surface area contributed by atoms with E-state index < -0.39 is 37.4 Å². The third kappa shape index (κ3) is 7.38. The number of Topliss-reactive ketones (excluding diaryl/α,β-unsaturated/α-hetero) is 1. The van der Waals surface area contributed by atoms with Crippen LogP contribution in [-0.2, 0) is 27.2 Å². The minimum Gasteiger partial charge on any atom is -0.413 e. The van der Waals surface area contributed by atoms with Crippen LogP contribution in [0.3, 0.4) is 0 Å². The molecule has 13 heteroatoms. The van der Waals surface area contributed by atoms with Crippen LogP contribution in [0, 0.1) is 5.82 Å².